The summed E-state index contributed by atoms with van der Waals surface area (Å²) < 4.78 is 11.1. The summed E-state index contributed by atoms with van der Waals surface area (Å²) in [6.07, 6.45) is 0.109. The van der Waals surface area contributed by atoms with Crippen LogP contribution >= 0.6 is 0 Å². The van der Waals surface area contributed by atoms with Crippen LogP contribution in [0.2, 0.25) is 0 Å². The molecule has 1 saturated heterocycles. The highest BCUT2D eigenvalue weighted by molar-refractivity contribution is 6.24. The maximum absolute atomic E-state index is 13.2. The summed E-state index contributed by atoms with van der Waals surface area (Å²) in [6, 6.07) is 10.6. The molecule has 4 rings (SSSR count). The van der Waals surface area contributed by atoms with Gasteiger partial charge < -0.3 is 14.8 Å². The number of imide groups is 2. The molecule has 2 aliphatic heterocycles. The molecule has 1 unspecified atom stereocenters. The Kier molecular flexibility index (Phi) is 8.43. The fourth-order valence-corrected chi connectivity index (χ4v) is 4.42. The Morgan fingerprint density at radius 1 is 1.00 bits per heavy atom. The van der Waals surface area contributed by atoms with E-state index in [0.717, 1.165) is 16.0 Å². The average molecular weight is 550 g/mol. The highest BCUT2D eigenvalue weighted by Crippen LogP contribution is 2.33. The summed E-state index contributed by atoms with van der Waals surface area (Å²) in [7, 11) is 0. The third-order valence-corrected chi connectivity index (χ3v) is 6.34. The largest absolute Gasteiger partial charge is 0.485 e. The van der Waals surface area contributed by atoms with Gasteiger partial charge in [0.1, 0.15) is 25.0 Å². The Bertz CT molecular complexity index is 1380. The van der Waals surface area contributed by atoms with Crippen LogP contribution in [-0.4, -0.2) is 65.1 Å². The molecule has 1 atom stereocenters. The van der Waals surface area contributed by atoms with E-state index in [-0.39, 0.29) is 67.6 Å². The van der Waals surface area contributed by atoms with E-state index in [1.807, 2.05) is 32.9 Å². The summed E-state index contributed by atoms with van der Waals surface area (Å²) in [5.74, 6) is -2.97. The molecule has 2 N–H and O–H groups in total. The van der Waals surface area contributed by atoms with E-state index in [0.29, 0.717) is 0 Å². The Morgan fingerprint density at radius 3 is 2.45 bits per heavy atom. The summed E-state index contributed by atoms with van der Waals surface area (Å²) in [6.45, 7) is 5.47. The molecule has 2 aromatic carbocycles. The molecule has 2 aliphatic rings. The van der Waals surface area contributed by atoms with Crippen LogP contribution in [0.5, 0.6) is 5.75 Å². The number of piperidine rings is 1. The number of benzene rings is 2. The van der Waals surface area contributed by atoms with Gasteiger partial charge in [-0.1, -0.05) is 30.3 Å². The van der Waals surface area contributed by atoms with E-state index in [4.69, 9.17) is 9.47 Å². The monoisotopic (exact) mass is 549 g/mol. The quantitative estimate of drug-likeness (QED) is 0.426. The van der Waals surface area contributed by atoms with Crippen molar-refractivity contribution >= 4 is 35.3 Å². The number of Topliss-reactive ketones (excluding diaryl/α,β-unsaturated/α-hetero) is 1. The lowest BCUT2D eigenvalue weighted by atomic mass is 10.0. The van der Waals surface area contributed by atoms with Gasteiger partial charge in [-0.15, -0.1) is 0 Å². The molecule has 2 heterocycles. The molecule has 0 saturated carbocycles. The number of ether oxygens (including phenoxy) is 2. The Hall–Kier alpha value is -4.38. The van der Waals surface area contributed by atoms with Crippen molar-refractivity contribution in [3.63, 3.8) is 0 Å². The Morgan fingerprint density at radius 2 is 1.73 bits per heavy atom. The van der Waals surface area contributed by atoms with Crippen molar-refractivity contribution in [2.24, 2.45) is 0 Å². The zero-order valence-electron chi connectivity index (χ0n) is 22.6. The predicted octanol–water partition coefficient (Wildman–Crippen LogP) is 1.71. The van der Waals surface area contributed by atoms with Crippen molar-refractivity contribution in [2.75, 3.05) is 13.2 Å². The van der Waals surface area contributed by atoms with Gasteiger partial charge in [0.2, 0.25) is 17.7 Å². The topological polar surface area (TPSA) is 148 Å². The molecular weight excluding hydrogens is 518 g/mol. The van der Waals surface area contributed by atoms with Gasteiger partial charge in [0.15, 0.2) is 5.78 Å². The van der Waals surface area contributed by atoms with Crippen LogP contribution in [0.15, 0.2) is 42.5 Å². The maximum Gasteiger partial charge on any atom is 0.266 e. The number of hydrogen-bond acceptors (Lipinski definition) is 8. The van der Waals surface area contributed by atoms with Crippen LogP contribution < -0.4 is 15.4 Å². The lowest BCUT2D eigenvalue weighted by molar-refractivity contribution is -0.136. The Balaban J connectivity index is 1.35. The highest BCUT2D eigenvalue weighted by atomic mass is 16.5. The molecule has 11 heteroatoms. The molecule has 0 radical (unpaired) electrons. The molecule has 1 fully saturated rings. The van der Waals surface area contributed by atoms with Crippen LogP contribution in [-0.2, 0) is 36.9 Å². The zero-order valence-corrected chi connectivity index (χ0v) is 22.6. The number of ketones is 1. The first-order valence-corrected chi connectivity index (χ1v) is 12.9. The summed E-state index contributed by atoms with van der Waals surface area (Å²) in [5, 5.41) is 4.94. The van der Waals surface area contributed by atoms with Gasteiger partial charge in [-0.3, -0.25) is 39.0 Å². The molecule has 40 heavy (non-hydrogen) atoms. The number of nitrogens with one attached hydrogen (secondary N) is 2. The fraction of sp³-hybridized carbons (Fsp3) is 0.379. The van der Waals surface area contributed by atoms with Gasteiger partial charge in [-0.05, 0) is 50.5 Å². The summed E-state index contributed by atoms with van der Waals surface area (Å²) in [4.78, 5) is 75.5. The molecule has 0 aromatic heterocycles. The minimum atomic E-state index is -1.09. The van der Waals surface area contributed by atoms with E-state index < -0.39 is 35.3 Å². The second-order valence-corrected chi connectivity index (χ2v) is 10.6. The van der Waals surface area contributed by atoms with Crippen LogP contribution in [0.1, 0.15) is 65.5 Å². The molecule has 0 aliphatic carbocycles. The first-order valence-electron chi connectivity index (χ1n) is 12.9. The summed E-state index contributed by atoms with van der Waals surface area (Å²) >= 11 is 0. The number of carbonyl (C=O) groups excluding carboxylic acids is 6. The smallest absolute Gasteiger partial charge is 0.266 e. The number of hydrogen-bond donors (Lipinski definition) is 2. The van der Waals surface area contributed by atoms with Crippen LogP contribution in [0.4, 0.5) is 0 Å². The van der Waals surface area contributed by atoms with Gasteiger partial charge in [0, 0.05) is 19.4 Å². The molecule has 11 nitrogen and oxygen atoms in total. The summed E-state index contributed by atoms with van der Waals surface area (Å²) in [5.41, 5.74) is 1.17. The fourth-order valence-electron chi connectivity index (χ4n) is 4.42. The maximum atomic E-state index is 13.2. The lowest BCUT2D eigenvalue weighted by Crippen LogP contribution is -2.54. The van der Waals surface area contributed by atoms with Gasteiger partial charge >= 0.3 is 0 Å². The van der Waals surface area contributed by atoms with E-state index in [1.165, 1.54) is 18.2 Å². The van der Waals surface area contributed by atoms with Crippen molar-refractivity contribution in [3.8, 4) is 5.75 Å². The van der Waals surface area contributed by atoms with Crippen molar-refractivity contribution in [1.29, 1.82) is 0 Å². The molecule has 0 bridgehead atoms. The normalized spacial score (nSPS) is 17.0. The molecule has 5 amide bonds. The predicted molar refractivity (Wildman–Crippen MR) is 141 cm³/mol. The van der Waals surface area contributed by atoms with Crippen molar-refractivity contribution in [2.45, 2.75) is 58.2 Å². The number of nitrogens with zero attached hydrogens (tertiary/aromatic N) is 1. The van der Waals surface area contributed by atoms with Crippen molar-refractivity contribution in [1.82, 2.24) is 15.5 Å². The number of rotatable bonds is 10. The van der Waals surface area contributed by atoms with E-state index >= 15 is 0 Å². The van der Waals surface area contributed by atoms with Crippen molar-refractivity contribution in [3.05, 3.63) is 64.7 Å². The van der Waals surface area contributed by atoms with Crippen LogP contribution in [0.25, 0.3) is 0 Å². The van der Waals surface area contributed by atoms with Crippen LogP contribution in [0.3, 0.4) is 0 Å². The minimum absolute atomic E-state index is 0.0147. The van der Waals surface area contributed by atoms with E-state index in [2.05, 4.69) is 10.6 Å². The molecule has 2 aromatic rings. The standard InChI is InChI=1S/C29H31N3O8/c1-29(2,3)40-16-24(35)30-14-18-7-4-6-17(12-18)13-19(33)15-39-22-9-5-8-20-25(22)28(38)32(27(20)37)21-10-11-23(34)31-26(21)36/h4-9,12,21H,10-11,13-16H2,1-3H3,(H,30,35)(H,31,34,36). The van der Waals surface area contributed by atoms with Crippen molar-refractivity contribution < 1.29 is 38.2 Å². The second-order valence-electron chi connectivity index (χ2n) is 10.6. The first-order chi connectivity index (χ1) is 18.9. The molecule has 0 spiro atoms. The van der Waals surface area contributed by atoms with Crippen LogP contribution in [0, 0.1) is 0 Å². The highest BCUT2D eigenvalue weighted by Gasteiger charge is 2.46. The minimum Gasteiger partial charge on any atom is -0.485 e. The number of amides is 5. The van der Waals surface area contributed by atoms with E-state index in [9.17, 15) is 28.8 Å². The SMILES string of the molecule is CC(C)(C)OCC(=O)NCc1cccc(CC(=O)COc2cccc3c2C(=O)N(C2CCC(=O)NC2=O)C3=O)c1. The van der Waals surface area contributed by atoms with Gasteiger partial charge in [0.25, 0.3) is 11.8 Å². The lowest BCUT2D eigenvalue weighted by Gasteiger charge is -2.27. The zero-order chi connectivity index (χ0) is 29.0. The number of fused-ring (bicyclic) bond motifs is 1. The van der Waals surface area contributed by atoms with E-state index in [1.54, 1.807) is 12.1 Å². The van der Waals surface area contributed by atoms with Gasteiger partial charge in [-0.2, -0.15) is 0 Å². The first kappa shape index (κ1) is 28.6. The number of carbonyl (C=O) groups is 6. The molecule has 210 valence electrons. The third kappa shape index (κ3) is 6.78. The third-order valence-electron chi connectivity index (χ3n) is 6.34. The van der Waals surface area contributed by atoms with Gasteiger partial charge in [-0.25, -0.2) is 0 Å². The average Bonchev–Trinajstić information content (AvgIpc) is 3.15. The Labute approximate surface area is 231 Å². The molecular formula is C29H31N3O8. The second kappa shape index (κ2) is 11.8. The van der Waals surface area contributed by atoms with Gasteiger partial charge in [0.05, 0.1) is 16.7 Å².